The van der Waals surface area contributed by atoms with E-state index in [9.17, 15) is 0 Å². The number of fused-ring (bicyclic) bond motifs is 6. The molecule has 15 aromatic rings. The SMILES string of the molecule is c1ccc(-c2cc(-c3ccccc3)cc(-c3ccnc(-c4nc(-c5ccccc5)cc(-c5cccc(-c6cccc7c6c6cc(-c8ccccc8)ccc6n7-c6ccc7c(c6)C(c6ccccc6)(c6ccccc6)c6ccccc6-7)c5)n4)n3)c2)cc1. The summed E-state index contributed by atoms with van der Waals surface area (Å²) >= 11 is 0. The Morgan fingerprint density at radius 1 is 0.267 bits per heavy atom. The Hall–Kier alpha value is -11.4. The summed E-state index contributed by atoms with van der Waals surface area (Å²) in [6.07, 6.45) is 1.82. The molecule has 0 saturated heterocycles. The Morgan fingerprint density at radius 2 is 0.767 bits per heavy atom. The van der Waals surface area contributed by atoms with Gasteiger partial charge in [-0.2, -0.15) is 0 Å². The molecule has 0 bridgehead atoms. The van der Waals surface area contributed by atoms with Gasteiger partial charge < -0.3 is 4.57 Å². The van der Waals surface area contributed by atoms with Crippen LogP contribution < -0.4 is 0 Å². The summed E-state index contributed by atoms with van der Waals surface area (Å²) in [7, 11) is 0. The van der Waals surface area contributed by atoms with Gasteiger partial charge in [-0.25, -0.2) is 19.9 Å². The van der Waals surface area contributed by atoms with E-state index in [1.165, 1.54) is 49.7 Å². The Balaban J connectivity index is 0.860. The van der Waals surface area contributed by atoms with E-state index < -0.39 is 5.41 Å². The van der Waals surface area contributed by atoms with Gasteiger partial charge in [0.05, 0.1) is 33.5 Å². The molecule has 3 heterocycles. The second-order valence-electron chi connectivity index (χ2n) is 22.1. The zero-order valence-electron chi connectivity index (χ0n) is 46.8. The van der Waals surface area contributed by atoms with Crippen LogP contribution in [0.1, 0.15) is 22.3 Å². The van der Waals surface area contributed by atoms with Crippen molar-refractivity contribution >= 4 is 21.8 Å². The van der Waals surface area contributed by atoms with Gasteiger partial charge in [0, 0.05) is 39.3 Å². The van der Waals surface area contributed by atoms with Crippen LogP contribution in [-0.2, 0) is 5.41 Å². The number of rotatable bonds is 11. The Labute approximate surface area is 499 Å². The smallest absolute Gasteiger partial charge is 0.198 e. The molecule has 0 fully saturated rings. The minimum atomic E-state index is -0.549. The zero-order valence-corrected chi connectivity index (χ0v) is 46.8. The van der Waals surface area contributed by atoms with Gasteiger partial charge >= 0.3 is 0 Å². The van der Waals surface area contributed by atoms with Crippen molar-refractivity contribution in [2.75, 3.05) is 0 Å². The normalized spacial score (nSPS) is 12.3. The van der Waals surface area contributed by atoms with Crippen molar-refractivity contribution in [3.8, 4) is 107 Å². The molecule has 1 aliphatic rings. The lowest BCUT2D eigenvalue weighted by atomic mass is 9.67. The molecule has 12 aromatic carbocycles. The Morgan fingerprint density at radius 3 is 1.43 bits per heavy atom. The lowest BCUT2D eigenvalue weighted by molar-refractivity contribution is 0.767. The van der Waals surface area contributed by atoms with Gasteiger partial charge in [-0.05, 0) is 145 Å². The molecule has 0 saturated carbocycles. The Kier molecular flexibility index (Phi) is 12.3. The predicted molar refractivity (Wildman–Crippen MR) is 353 cm³/mol. The van der Waals surface area contributed by atoms with Gasteiger partial charge in [0.15, 0.2) is 11.6 Å². The van der Waals surface area contributed by atoms with Crippen LogP contribution in [0, 0.1) is 0 Å². The molecule has 3 aromatic heterocycles. The first-order valence-electron chi connectivity index (χ1n) is 29.3. The first-order chi connectivity index (χ1) is 42.6. The molecule has 0 N–H and O–H groups in total. The molecule has 0 atom stereocenters. The van der Waals surface area contributed by atoms with Crippen molar-refractivity contribution in [3.05, 3.63) is 344 Å². The van der Waals surface area contributed by atoms with E-state index in [4.69, 9.17) is 19.9 Å². The summed E-state index contributed by atoms with van der Waals surface area (Å²) in [6, 6.07) is 113. The summed E-state index contributed by atoms with van der Waals surface area (Å²) in [5.74, 6) is 0.881. The topological polar surface area (TPSA) is 56.5 Å². The second-order valence-corrected chi connectivity index (χ2v) is 22.1. The largest absolute Gasteiger partial charge is 0.309 e. The van der Waals surface area contributed by atoms with Crippen LogP contribution in [0.2, 0.25) is 0 Å². The van der Waals surface area contributed by atoms with Gasteiger partial charge in [0.1, 0.15) is 0 Å². The van der Waals surface area contributed by atoms with E-state index in [2.05, 4.69) is 296 Å². The molecule has 5 heteroatoms. The van der Waals surface area contributed by atoms with Gasteiger partial charge in [0.25, 0.3) is 0 Å². The van der Waals surface area contributed by atoms with E-state index in [1.807, 2.05) is 30.5 Å². The highest BCUT2D eigenvalue weighted by Gasteiger charge is 2.46. The van der Waals surface area contributed by atoms with Gasteiger partial charge in [0.2, 0.25) is 0 Å². The second kappa shape index (κ2) is 21.1. The molecule has 0 radical (unpaired) electrons. The van der Waals surface area contributed by atoms with Crippen LogP contribution in [0.15, 0.2) is 322 Å². The maximum Gasteiger partial charge on any atom is 0.198 e. The number of aromatic nitrogens is 5. The first kappa shape index (κ1) is 50.3. The molecular weight excluding hydrogens is 1040 g/mol. The monoisotopic (exact) mass is 1100 g/mol. The van der Waals surface area contributed by atoms with Crippen molar-refractivity contribution in [1.82, 2.24) is 24.5 Å². The van der Waals surface area contributed by atoms with E-state index in [0.717, 1.165) is 89.4 Å². The van der Waals surface area contributed by atoms with Gasteiger partial charge in [-0.3, -0.25) is 0 Å². The highest BCUT2D eigenvalue weighted by atomic mass is 15.0. The molecule has 16 rings (SSSR count). The molecule has 402 valence electrons. The standard InChI is InChI=1S/C81H53N5/c1-7-23-54(24-8-1)58-41-44-76-70(51-58)78-67(38-22-40-77(78)86(76)66-42-43-69-68-37-19-20-39-71(68)81(72(69)52-66,64-33-15-5-16-34-64)65-35-17-6-18-36-65)59-31-21-32-60(47-59)75-53-74(57-29-13-4-14-30-57)84-80(85-75)79-82-46-45-73(83-79)63-49-61(55-25-9-2-10-26-55)48-62(50-63)56-27-11-3-12-28-56/h1-53H. The van der Waals surface area contributed by atoms with E-state index in [1.54, 1.807) is 0 Å². The third-order valence-electron chi connectivity index (χ3n) is 17.2. The quantitative estimate of drug-likeness (QED) is 0.130. The van der Waals surface area contributed by atoms with E-state index in [0.29, 0.717) is 11.6 Å². The highest BCUT2D eigenvalue weighted by molar-refractivity contribution is 6.17. The molecule has 1 aliphatic carbocycles. The predicted octanol–water partition coefficient (Wildman–Crippen LogP) is 20.1. The number of hydrogen-bond acceptors (Lipinski definition) is 4. The maximum absolute atomic E-state index is 5.36. The molecular formula is C81H53N5. The molecule has 5 nitrogen and oxygen atoms in total. The molecule has 0 unspecified atom stereocenters. The summed E-state index contributed by atoms with van der Waals surface area (Å²) in [5.41, 5.74) is 24.5. The van der Waals surface area contributed by atoms with Gasteiger partial charge in [-0.1, -0.05) is 249 Å². The fourth-order valence-electron chi connectivity index (χ4n) is 13.3. The van der Waals surface area contributed by atoms with Crippen molar-refractivity contribution in [2.45, 2.75) is 5.41 Å². The van der Waals surface area contributed by atoms with Crippen molar-refractivity contribution < 1.29 is 0 Å². The van der Waals surface area contributed by atoms with Crippen LogP contribution in [0.25, 0.3) is 129 Å². The molecule has 0 aliphatic heterocycles. The fraction of sp³-hybridized carbons (Fsp3) is 0.0123. The molecule has 0 amide bonds. The van der Waals surface area contributed by atoms with Crippen molar-refractivity contribution in [3.63, 3.8) is 0 Å². The number of hydrogen-bond donors (Lipinski definition) is 0. The lowest BCUT2D eigenvalue weighted by Crippen LogP contribution is -2.28. The summed E-state index contributed by atoms with van der Waals surface area (Å²) in [4.78, 5) is 20.7. The maximum atomic E-state index is 5.36. The summed E-state index contributed by atoms with van der Waals surface area (Å²) in [6.45, 7) is 0. The first-order valence-corrected chi connectivity index (χ1v) is 29.3. The average molecular weight is 1100 g/mol. The number of nitrogens with zero attached hydrogens (tertiary/aromatic N) is 5. The van der Waals surface area contributed by atoms with Gasteiger partial charge in [-0.15, -0.1) is 0 Å². The highest BCUT2D eigenvalue weighted by Crippen LogP contribution is 2.57. The lowest BCUT2D eigenvalue weighted by Gasteiger charge is -2.34. The summed E-state index contributed by atoms with van der Waals surface area (Å²) < 4.78 is 2.48. The van der Waals surface area contributed by atoms with Crippen molar-refractivity contribution in [1.29, 1.82) is 0 Å². The summed E-state index contributed by atoms with van der Waals surface area (Å²) in [5, 5.41) is 2.34. The average Bonchev–Trinajstić information content (AvgIpc) is 1.57. The van der Waals surface area contributed by atoms with Crippen LogP contribution in [-0.4, -0.2) is 24.5 Å². The third kappa shape index (κ3) is 8.64. The van der Waals surface area contributed by atoms with Crippen molar-refractivity contribution in [2.24, 2.45) is 0 Å². The molecule has 86 heavy (non-hydrogen) atoms. The number of benzene rings is 12. The minimum absolute atomic E-state index is 0.440. The fourth-order valence-corrected chi connectivity index (χ4v) is 13.3. The zero-order chi connectivity index (χ0) is 57.0. The Bertz CT molecular complexity index is 4930. The van der Waals surface area contributed by atoms with Crippen LogP contribution in [0.4, 0.5) is 0 Å². The van der Waals surface area contributed by atoms with Crippen LogP contribution in [0.3, 0.4) is 0 Å². The third-order valence-corrected chi connectivity index (χ3v) is 17.2. The minimum Gasteiger partial charge on any atom is -0.309 e. The van der Waals surface area contributed by atoms with E-state index in [-0.39, 0.29) is 0 Å². The van der Waals surface area contributed by atoms with Crippen LogP contribution in [0.5, 0.6) is 0 Å². The van der Waals surface area contributed by atoms with E-state index >= 15 is 0 Å². The van der Waals surface area contributed by atoms with Crippen LogP contribution >= 0.6 is 0 Å². The molecule has 0 spiro atoms.